The molecule has 0 spiro atoms. The molecule has 0 saturated carbocycles. The summed E-state index contributed by atoms with van der Waals surface area (Å²) >= 11 is 0. The quantitative estimate of drug-likeness (QED) is 0.355. The third kappa shape index (κ3) is 11.5. The van der Waals surface area contributed by atoms with E-state index >= 15 is 0 Å². The Morgan fingerprint density at radius 1 is 1.29 bits per heavy atom. The summed E-state index contributed by atoms with van der Waals surface area (Å²) in [6.45, 7) is 2.79. The molecule has 17 heavy (non-hydrogen) atoms. The Kier molecular flexibility index (Phi) is 12.9. The molecule has 0 atom stereocenters. The van der Waals surface area contributed by atoms with Crippen LogP contribution in [-0.4, -0.2) is 54.6 Å². The van der Waals surface area contributed by atoms with Crippen LogP contribution in [0.5, 0.6) is 0 Å². The summed E-state index contributed by atoms with van der Waals surface area (Å²) in [6.07, 6.45) is 0.0174. The van der Waals surface area contributed by atoms with E-state index in [1.807, 2.05) is 0 Å². The van der Waals surface area contributed by atoms with Gasteiger partial charge in [0.1, 0.15) is 0 Å². The molecule has 0 aromatic carbocycles. The number of hydrogen-bond donors (Lipinski definition) is 1. The van der Waals surface area contributed by atoms with E-state index in [-0.39, 0.29) is 37.8 Å². The Balaban J connectivity index is 0. The summed E-state index contributed by atoms with van der Waals surface area (Å²) in [6, 6.07) is 0. The molecule has 92 valence electrons. The van der Waals surface area contributed by atoms with E-state index in [1.54, 1.807) is 4.90 Å². The Morgan fingerprint density at radius 2 is 1.94 bits per heavy atom. The first-order chi connectivity index (χ1) is 7.60. The maximum atomic E-state index is 10.7. The number of rotatable bonds is 8. The molecule has 0 heterocycles. The Labute approximate surface area is 112 Å². The van der Waals surface area contributed by atoms with Crippen LogP contribution < -0.4 is 18.9 Å². The van der Waals surface area contributed by atoms with Gasteiger partial charge in [0.05, 0.1) is 6.61 Å². The number of carbonyl (C=O) groups is 2. The van der Waals surface area contributed by atoms with Gasteiger partial charge < -0.3 is 20.1 Å². The molecule has 0 aliphatic rings. The zero-order valence-corrected chi connectivity index (χ0v) is 10.3. The fourth-order valence-corrected chi connectivity index (χ4v) is 1.13. The van der Waals surface area contributed by atoms with Crippen molar-refractivity contribution in [2.24, 2.45) is 5.18 Å². The number of nitroso groups, excluding NO2 is 1. The van der Waals surface area contributed by atoms with Gasteiger partial charge in [-0.25, -0.2) is 0 Å². The van der Waals surface area contributed by atoms with E-state index in [1.165, 1.54) is 6.92 Å². The van der Waals surface area contributed by atoms with Crippen molar-refractivity contribution >= 4 is 11.8 Å². The molecule has 0 aromatic rings. The minimum Gasteiger partial charge on any atom is -0.653 e. The van der Waals surface area contributed by atoms with Crippen LogP contribution in [0.1, 0.15) is 13.3 Å². The van der Waals surface area contributed by atoms with Gasteiger partial charge in [0.15, 0.2) is 0 Å². The minimum atomic E-state index is -0.716. The number of amides is 2. The molecule has 0 saturated heterocycles. The number of hydrogen-bond acceptors (Lipinski definition) is 5. The minimum absolute atomic E-state index is 0. The predicted molar refractivity (Wildman–Crippen MR) is 57.9 cm³/mol. The molecule has 7 nitrogen and oxygen atoms in total. The van der Waals surface area contributed by atoms with Crippen molar-refractivity contribution < 1.29 is 33.6 Å². The number of aliphatic hydroxyl groups excluding tert-OH is 1. The Morgan fingerprint density at radius 3 is 2.41 bits per heavy atom. The van der Waals surface area contributed by atoms with Gasteiger partial charge in [-0.15, -0.1) is 11.5 Å². The van der Waals surface area contributed by atoms with Crippen LogP contribution in [0, 0.1) is 4.91 Å². The zero-order valence-electron chi connectivity index (χ0n) is 10.3. The second kappa shape index (κ2) is 11.7. The van der Waals surface area contributed by atoms with Gasteiger partial charge in [-0.1, -0.05) is 0 Å². The number of carbonyl (C=O) groups excluding carboxylic acids is 2. The Bertz CT molecular complexity index is 250. The van der Waals surface area contributed by atoms with Gasteiger partial charge >= 0.3 is 18.9 Å². The SMILES string of the molecule is CC(=O)[N-]CCN(CCO)CCC(=O)N=O.[Li+]. The van der Waals surface area contributed by atoms with Crippen LogP contribution in [0.3, 0.4) is 0 Å². The molecule has 1 N–H and O–H groups in total. The van der Waals surface area contributed by atoms with Crippen molar-refractivity contribution in [2.75, 3.05) is 32.8 Å². The van der Waals surface area contributed by atoms with Gasteiger partial charge in [-0.05, 0) is 13.5 Å². The first kappa shape index (κ1) is 18.6. The summed E-state index contributed by atoms with van der Waals surface area (Å²) in [5.74, 6) is -0.971. The molecule has 2 amide bonds. The van der Waals surface area contributed by atoms with E-state index in [2.05, 4.69) is 10.5 Å². The summed E-state index contributed by atoms with van der Waals surface area (Å²) in [4.78, 5) is 32.8. The first-order valence-electron chi connectivity index (χ1n) is 4.97. The van der Waals surface area contributed by atoms with Gasteiger partial charge in [-0.3, -0.25) is 4.79 Å². The van der Waals surface area contributed by atoms with Gasteiger partial charge in [-0.2, -0.15) is 0 Å². The molecule has 0 aliphatic heterocycles. The summed E-state index contributed by atoms with van der Waals surface area (Å²) in [5.41, 5.74) is 0. The average molecular weight is 237 g/mol. The predicted octanol–water partition coefficient (Wildman–Crippen LogP) is -3.11. The molecule has 8 heteroatoms. The molecule has 0 unspecified atom stereocenters. The van der Waals surface area contributed by atoms with E-state index < -0.39 is 5.91 Å². The van der Waals surface area contributed by atoms with Crippen LogP contribution in [0.4, 0.5) is 0 Å². The number of aliphatic hydroxyl groups is 1. The molecule has 0 fully saturated rings. The van der Waals surface area contributed by atoms with Crippen LogP contribution in [0.25, 0.3) is 5.32 Å². The first-order valence-corrected chi connectivity index (χ1v) is 4.97. The van der Waals surface area contributed by atoms with Crippen molar-refractivity contribution in [3.05, 3.63) is 10.2 Å². The standard InChI is InChI=1S/C9H17N3O4.Li/c1-8(14)10-3-5-12(6-7-13)4-2-9(15)11-16;/h13H,2-7H2,1H3,(H,10,14);/q;+1/p-1. The molecule has 0 rings (SSSR count). The third-order valence-corrected chi connectivity index (χ3v) is 1.91. The summed E-state index contributed by atoms with van der Waals surface area (Å²) in [5, 5.41) is 14.7. The fourth-order valence-electron chi connectivity index (χ4n) is 1.13. The number of nitrogens with zero attached hydrogens (tertiary/aromatic N) is 3. The van der Waals surface area contributed by atoms with E-state index in [0.29, 0.717) is 26.2 Å². The molecule has 0 aromatic heterocycles. The monoisotopic (exact) mass is 237 g/mol. The molecular weight excluding hydrogens is 221 g/mol. The average Bonchev–Trinajstić information content (AvgIpc) is 2.24. The fraction of sp³-hybridized carbons (Fsp3) is 0.778. The van der Waals surface area contributed by atoms with Crippen LogP contribution in [0.2, 0.25) is 0 Å². The maximum Gasteiger partial charge on any atom is 1.00 e. The van der Waals surface area contributed by atoms with Crippen molar-refractivity contribution in [1.82, 2.24) is 4.90 Å². The van der Waals surface area contributed by atoms with E-state index in [9.17, 15) is 14.5 Å². The van der Waals surface area contributed by atoms with Gasteiger partial charge in [0.2, 0.25) is 0 Å². The second-order valence-electron chi connectivity index (χ2n) is 3.20. The topological polar surface area (TPSA) is 101 Å². The molecule has 0 radical (unpaired) electrons. The van der Waals surface area contributed by atoms with Gasteiger partial charge in [0.25, 0.3) is 5.91 Å². The van der Waals surface area contributed by atoms with E-state index in [4.69, 9.17) is 5.11 Å². The molecular formula is C9H16LiN3O4. The maximum absolute atomic E-state index is 10.7. The molecule has 0 aliphatic carbocycles. The second-order valence-corrected chi connectivity index (χ2v) is 3.20. The van der Waals surface area contributed by atoms with Crippen molar-refractivity contribution in [1.29, 1.82) is 0 Å². The van der Waals surface area contributed by atoms with Crippen molar-refractivity contribution in [3.63, 3.8) is 0 Å². The van der Waals surface area contributed by atoms with Gasteiger partial charge in [0, 0.05) is 30.6 Å². The Hall–Kier alpha value is -0.743. The van der Waals surface area contributed by atoms with E-state index in [0.717, 1.165) is 0 Å². The van der Waals surface area contributed by atoms with Crippen LogP contribution >= 0.6 is 0 Å². The van der Waals surface area contributed by atoms with Crippen LogP contribution in [0.15, 0.2) is 5.18 Å². The molecule has 0 bridgehead atoms. The summed E-state index contributed by atoms with van der Waals surface area (Å²) < 4.78 is 0. The zero-order chi connectivity index (χ0) is 12.4. The third-order valence-electron chi connectivity index (χ3n) is 1.91. The largest absolute Gasteiger partial charge is 1.00 e. The summed E-state index contributed by atoms with van der Waals surface area (Å²) in [7, 11) is 0. The smallest absolute Gasteiger partial charge is 0.653 e. The normalized spacial score (nSPS) is 9.59. The van der Waals surface area contributed by atoms with Crippen LogP contribution in [-0.2, 0) is 9.59 Å². The van der Waals surface area contributed by atoms with Crippen molar-refractivity contribution in [3.8, 4) is 0 Å². The van der Waals surface area contributed by atoms with Crippen molar-refractivity contribution in [2.45, 2.75) is 13.3 Å².